The van der Waals surface area contributed by atoms with Crippen molar-refractivity contribution in [1.29, 1.82) is 0 Å². The maximum absolute atomic E-state index is 13.3. The SMILES string of the molecule is COc1cc(P(c2ccccc2)c2ccccc2)c(-c2c([P+](O)(c3ccccc3)c3ccccc3)cc(OC)nc2OC)c(OC)n1. The molecule has 0 saturated heterocycles. The van der Waals surface area contributed by atoms with Gasteiger partial charge in [0.1, 0.15) is 10.6 Å². The Morgan fingerprint density at radius 1 is 0.511 bits per heavy atom. The fourth-order valence-electron chi connectivity index (χ4n) is 5.68. The average Bonchev–Trinajstić information content (AvgIpc) is 3.15. The molecule has 236 valence electrons. The number of pyridine rings is 2. The van der Waals surface area contributed by atoms with Gasteiger partial charge in [-0.05, 0) is 42.8 Å². The van der Waals surface area contributed by atoms with Gasteiger partial charge in [-0.25, -0.2) is 4.89 Å². The van der Waals surface area contributed by atoms with E-state index in [1.807, 2.05) is 109 Å². The van der Waals surface area contributed by atoms with E-state index < -0.39 is 15.4 Å². The Balaban J connectivity index is 1.80. The third kappa shape index (κ3) is 6.18. The number of nitrogens with zero attached hydrogens (tertiary/aromatic N) is 2. The normalized spacial score (nSPS) is 11.3. The van der Waals surface area contributed by atoms with Crippen molar-refractivity contribution in [3.05, 3.63) is 133 Å². The molecule has 0 saturated carbocycles. The molecule has 6 rings (SSSR count). The highest BCUT2D eigenvalue weighted by Gasteiger charge is 2.49. The van der Waals surface area contributed by atoms with Crippen molar-refractivity contribution in [2.45, 2.75) is 0 Å². The number of benzene rings is 4. The van der Waals surface area contributed by atoms with Crippen molar-refractivity contribution in [1.82, 2.24) is 9.97 Å². The van der Waals surface area contributed by atoms with Crippen LogP contribution < -0.4 is 50.8 Å². The second-order valence-corrected chi connectivity index (χ2v) is 15.4. The lowest BCUT2D eigenvalue weighted by Gasteiger charge is -2.27. The van der Waals surface area contributed by atoms with E-state index in [-0.39, 0.29) is 5.88 Å². The Bertz CT molecular complexity index is 1870. The van der Waals surface area contributed by atoms with Gasteiger partial charge >= 0.3 is 0 Å². The highest BCUT2D eigenvalue weighted by Crippen LogP contribution is 2.56. The van der Waals surface area contributed by atoms with Gasteiger partial charge < -0.3 is 18.9 Å². The first-order valence-corrected chi connectivity index (χ1v) is 18.0. The fraction of sp³-hybridized carbons (Fsp3) is 0.105. The molecule has 0 atom stereocenters. The van der Waals surface area contributed by atoms with Crippen molar-refractivity contribution in [3.8, 4) is 34.6 Å². The largest absolute Gasteiger partial charge is 0.481 e. The average molecular weight is 662 g/mol. The zero-order valence-electron chi connectivity index (χ0n) is 26.6. The van der Waals surface area contributed by atoms with E-state index >= 15 is 0 Å². The Morgan fingerprint density at radius 3 is 1.34 bits per heavy atom. The smallest absolute Gasteiger partial charge is 0.239 e. The van der Waals surface area contributed by atoms with Crippen LogP contribution in [0.1, 0.15) is 0 Å². The van der Waals surface area contributed by atoms with Crippen LogP contribution in [0.3, 0.4) is 0 Å². The summed E-state index contributed by atoms with van der Waals surface area (Å²) in [4.78, 5) is 22.9. The molecule has 2 aromatic heterocycles. The maximum atomic E-state index is 13.3. The summed E-state index contributed by atoms with van der Waals surface area (Å²) in [6.45, 7) is 0. The van der Waals surface area contributed by atoms with Crippen molar-refractivity contribution in [3.63, 3.8) is 0 Å². The van der Waals surface area contributed by atoms with Crippen molar-refractivity contribution in [2.75, 3.05) is 28.4 Å². The molecule has 9 heteroatoms. The molecule has 0 fully saturated rings. The zero-order chi connectivity index (χ0) is 32.8. The number of ether oxygens (including phenoxy) is 4. The standard InChI is InChI=1S/C38H35N2O5P2/c1-42-33-25-31(46(27-17-9-5-10-18-27)28-19-11-6-12-20-28)35(37(39-33)44-3)36-32(26-34(43-2)40-38(36)45-4)47(41,29-21-13-7-14-22-29)30-23-15-8-16-24-30/h5-26,41H,1-4H3/q+1. The number of hydrogen-bond donors (Lipinski definition) is 1. The molecular weight excluding hydrogens is 626 g/mol. The van der Waals surface area contributed by atoms with Gasteiger partial charge in [0.2, 0.25) is 31.0 Å². The summed E-state index contributed by atoms with van der Waals surface area (Å²) in [6, 6.07) is 43.9. The molecule has 1 N–H and O–H groups in total. The summed E-state index contributed by atoms with van der Waals surface area (Å²) < 4.78 is 23.6. The van der Waals surface area contributed by atoms with E-state index in [0.29, 0.717) is 34.1 Å². The molecular formula is C38H35N2O5P2+. The van der Waals surface area contributed by atoms with Crippen molar-refractivity contribution >= 4 is 47.2 Å². The van der Waals surface area contributed by atoms with Crippen LogP contribution in [0, 0.1) is 0 Å². The van der Waals surface area contributed by atoms with Crippen LogP contribution in [-0.2, 0) is 0 Å². The lowest BCUT2D eigenvalue weighted by atomic mass is 10.1. The molecule has 7 nitrogen and oxygen atoms in total. The molecule has 0 aliphatic carbocycles. The zero-order valence-corrected chi connectivity index (χ0v) is 28.4. The van der Waals surface area contributed by atoms with Crippen molar-refractivity contribution in [2.24, 2.45) is 0 Å². The number of hydrogen-bond acceptors (Lipinski definition) is 7. The van der Waals surface area contributed by atoms with Gasteiger partial charge in [0.05, 0.1) is 39.6 Å². The first-order chi connectivity index (χ1) is 23.0. The molecule has 0 unspecified atom stereocenters. The van der Waals surface area contributed by atoms with Gasteiger partial charge in [-0.3, -0.25) is 0 Å². The van der Waals surface area contributed by atoms with Gasteiger partial charge in [-0.15, -0.1) is 0 Å². The van der Waals surface area contributed by atoms with Gasteiger partial charge in [-0.2, -0.15) is 9.97 Å². The second kappa shape index (κ2) is 14.3. The lowest BCUT2D eigenvalue weighted by molar-refractivity contribution is 0.362. The third-order valence-corrected chi connectivity index (χ3v) is 13.4. The molecule has 0 aliphatic heterocycles. The van der Waals surface area contributed by atoms with Crippen LogP contribution in [-0.4, -0.2) is 43.3 Å². The molecule has 0 bridgehead atoms. The van der Waals surface area contributed by atoms with Crippen LogP contribution in [0.25, 0.3) is 11.1 Å². The summed E-state index contributed by atoms with van der Waals surface area (Å²) >= 11 is 0. The second-order valence-electron chi connectivity index (χ2n) is 10.4. The van der Waals surface area contributed by atoms with E-state index in [4.69, 9.17) is 28.9 Å². The summed E-state index contributed by atoms with van der Waals surface area (Å²) in [6.07, 6.45) is 0. The van der Waals surface area contributed by atoms with E-state index in [9.17, 15) is 4.89 Å². The van der Waals surface area contributed by atoms with Gasteiger partial charge in [-0.1, -0.05) is 97.1 Å². The van der Waals surface area contributed by atoms with Gasteiger partial charge in [0.15, 0.2) is 5.30 Å². The minimum atomic E-state index is -3.36. The van der Waals surface area contributed by atoms with Crippen LogP contribution in [0.4, 0.5) is 0 Å². The lowest BCUT2D eigenvalue weighted by Crippen LogP contribution is -2.33. The van der Waals surface area contributed by atoms with E-state index in [1.54, 1.807) is 28.4 Å². The number of methoxy groups -OCH3 is 4. The topological polar surface area (TPSA) is 82.9 Å². The van der Waals surface area contributed by atoms with Crippen LogP contribution in [0.15, 0.2) is 133 Å². The molecule has 6 aromatic rings. The van der Waals surface area contributed by atoms with Crippen LogP contribution in [0.2, 0.25) is 0 Å². The predicted octanol–water partition coefficient (Wildman–Crippen LogP) is 5.14. The first kappa shape index (κ1) is 32.2. The highest BCUT2D eigenvalue weighted by atomic mass is 31.2. The highest BCUT2D eigenvalue weighted by molar-refractivity contribution is 7.91. The molecule has 0 aliphatic rings. The number of rotatable bonds is 11. The summed E-state index contributed by atoms with van der Waals surface area (Å²) in [7, 11) is 1.73. The quantitative estimate of drug-likeness (QED) is 0.193. The molecule has 47 heavy (non-hydrogen) atoms. The minimum Gasteiger partial charge on any atom is -0.481 e. The maximum Gasteiger partial charge on any atom is 0.239 e. The van der Waals surface area contributed by atoms with E-state index in [1.165, 1.54) is 0 Å². The summed E-state index contributed by atoms with van der Waals surface area (Å²) in [5.74, 6) is 1.30. The molecule has 0 spiro atoms. The molecule has 2 heterocycles. The Kier molecular flexibility index (Phi) is 9.79. The molecule has 0 radical (unpaired) electrons. The third-order valence-electron chi connectivity index (χ3n) is 7.82. The minimum absolute atomic E-state index is 0.271. The van der Waals surface area contributed by atoms with Crippen molar-refractivity contribution < 1.29 is 23.8 Å². The fourth-order valence-corrected chi connectivity index (χ4v) is 11.0. The Morgan fingerprint density at radius 2 is 0.915 bits per heavy atom. The van der Waals surface area contributed by atoms with Gasteiger partial charge in [0, 0.05) is 17.4 Å². The van der Waals surface area contributed by atoms with E-state index in [2.05, 4.69) is 24.3 Å². The van der Waals surface area contributed by atoms with Crippen LogP contribution >= 0.6 is 15.4 Å². The van der Waals surface area contributed by atoms with E-state index in [0.717, 1.165) is 26.5 Å². The van der Waals surface area contributed by atoms with Crippen LogP contribution in [0.5, 0.6) is 23.5 Å². The first-order valence-electron chi connectivity index (χ1n) is 14.9. The Hall–Kier alpha value is -4.80. The summed E-state index contributed by atoms with van der Waals surface area (Å²) in [5, 5.41) is 5.25. The predicted molar refractivity (Wildman–Crippen MR) is 193 cm³/mol. The monoisotopic (exact) mass is 661 g/mol. The number of aromatic nitrogens is 2. The summed E-state index contributed by atoms with van der Waals surface area (Å²) in [5.41, 5.74) is 1.22. The Labute approximate surface area is 277 Å². The molecule has 4 aromatic carbocycles. The van der Waals surface area contributed by atoms with Gasteiger partial charge in [0.25, 0.3) is 0 Å². The molecule has 0 amide bonds.